The van der Waals surface area contributed by atoms with E-state index in [-0.39, 0.29) is 17.5 Å². The second-order valence-electron chi connectivity index (χ2n) is 5.70. The van der Waals surface area contributed by atoms with Crippen molar-refractivity contribution in [3.8, 4) is 0 Å². The van der Waals surface area contributed by atoms with Gasteiger partial charge in [0.1, 0.15) is 0 Å². The van der Waals surface area contributed by atoms with Crippen molar-refractivity contribution in [1.82, 2.24) is 25.5 Å². The second kappa shape index (κ2) is 5.58. The van der Waals surface area contributed by atoms with Gasteiger partial charge in [-0.15, -0.1) is 5.10 Å². The molecule has 2 unspecified atom stereocenters. The molecule has 17 heavy (non-hydrogen) atoms. The van der Waals surface area contributed by atoms with Crippen LogP contribution in [0.3, 0.4) is 0 Å². The van der Waals surface area contributed by atoms with Crippen LogP contribution in [0.15, 0.2) is 0 Å². The lowest BCUT2D eigenvalue weighted by atomic mass is 9.88. The molecule has 0 aliphatic rings. The van der Waals surface area contributed by atoms with Crippen LogP contribution in [0.1, 0.15) is 65.9 Å². The first-order chi connectivity index (χ1) is 7.88. The van der Waals surface area contributed by atoms with Gasteiger partial charge in [0, 0.05) is 0 Å². The average molecular weight is 239 g/mol. The summed E-state index contributed by atoms with van der Waals surface area (Å²) in [6.45, 7) is 14.0. The zero-order chi connectivity index (χ0) is 13.1. The standard InChI is InChI=1S/C12H25N5/c1-7-8-13-9(2)11-14-15-16-17(11)10(3)12(4,5)6/h9-10,13H,7-8H2,1-6H3. The third-order valence-electron chi connectivity index (χ3n) is 3.23. The first-order valence-electron chi connectivity index (χ1n) is 6.39. The molecule has 1 rings (SSSR count). The molecule has 0 fully saturated rings. The van der Waals surface area contributed by atoms with E-state index in [4.69, 9.17) is 0 Å². The van der Waals surface area contributed by atoms with Crippen molar-refractivity contribution in [3.05, 3.63) is 5.82 Å². The zero-order valence-electron chi connectivity index (χ0n) is 11.9. The van der Waals surface area contributed by atoms with Crippen LogP contribution < -0.4 is 5.32 Å². The van der Waals surface area contributed by atoms with Crippen LogP contribution in [0.2, 0.25) is 0 Å². The molecule has 2 atom stereocenters. The van der Waals surface area contributed by atoms with Crippen molar-refractivity contribution in [2.45, 2.75) is 60.0 Å². The van der Waals surface area contributed by atoms with Crippen molar-refractivity contribution in [2.24, 2.45) is 5.41 Å². The smallest absolute Gasteiger partial charge is 0.168 e. The summed E-state index contributed by atoms with van der Waals surface area (Å²) < 4.78 is 1.94. The summed E-state index contributed by atoms with van der Waals surface area (Å²) in [6.07, 6.45) is 1.11. The summed E-state index contributed by atoms with van der Waals surface area (Å²) in [6, 6.07) is 0.466. The predicted octanol–water partition coefficient (Wildman–Crippen LogP) is 2.34. The normalized spacial score (nSPS) is 15.9. The van der Waals surface area contributed by atoms with Gasteiger partial charge in [0.15, 0.2) is 5.82 Å². The van der Waals surface area contributed by atoms with Gasteiger partial charge in [0.05, 0.1) is 12.1 Å². The van der Waals surface area contributed by atoms with Gasteiger partial charge in [-0.3, -0.25) is 0 Å². The van der Waals surface area contributed by atoms with E-state index in [2.05, 4.69) is 62.4 Å². The summed E-state index contributed by atoms with van der Waals surface area (Å²) in [5, 5.41) is 15.5. The molecule has 5 heteroatoms. The monoisotopic (exact) mass is 239 g/mol. The fourth-order valence-corrected chi connectivity index (χ4v) is 1.58. The molecule has 0 bridgehead atoms. The lowest BCUT2D eigenvalue weighted by Crippen LogP contribution is -2.28. The molecular formula is C12H25N5. The van der Waals surface area contributed by atoms with Crippen LogP contribution in [0, 0.1) is 5.41 Å². The lowest BCUT2D eigenvalue weighted by Gasteiger charge is -2.28. The Morgan fingerprint density at radius 3 is 2.47 bits per heavy atom. The molecule has 98 valence electrons. The van der Waals surface area contributed by atoms with Crippen LogP contribution in [0.4, 0.5) is 0 Å². The molecular weight excluding hydrogens is 214 g/mol. The van der Waals surface area contributed by atoms with Crippen LogP contribution in [-0.2, 0) is 0 Å². The Morgan fingerprint density at radius 2 is 1.94 bits per heavy atom. The summed E-state index contributed by atoms with van der Waals surface area (Å²) in [7, 11) is 0. The molecule has 1 heterocycles. The molecule has 1 aromatic rings. The molecule has 1 aromatic heterocycles. The van der Waals surface area contributed by atoms with Gasteiger partial charge in [-0.2, -0.15) is 0 Å². The van der Waals surface area contributed by atoms with Crippen LogP contribution in [0.5, 0.6) is 0 Å². The first kappa shape index (κ1) is 14.1. The molecule has 0 saturated carbocycles. The van der Waals surface area contributed by atoms with Crippen molar-refractivity contribution < 1.29 is 0 Å². The Bertz CT molecular complexity index is 339. The maximum absolute atomic E-state index is 4.14. The number of hydrogen-bond acceptors (Lipinski definition) is 4. The minimum atomic E-state index is 0.147. The van der Waals surface area contributed by atoms with E-state index in [1.807, 2.05) is 4.68 Å². The largest absolute Gasteiger partial charge is 0.307 e. The second-order valence-corrected chi connectivity index (χ2v) is 5.70. The van der Waals surface area contributed by atoms with Gasteiger partial charge in [0.25, 0.3) is 0 Å². The number of nitrogens with one attached hydrogen (secondary N) is 1. The minimum Gasteiger partial charge on any atom is -0.307 e. The van der Waals surface area contributed by atoms with Crippen molar-refractivity contribution >= 4 is 0 Å². The third-order valence-corrected chi connectivity index (χ3v) is 3.23. The van der Waals surface area contributed by atoms with E-state index in [9.17, 15) is 0 Å². The minimum absolute atomic E-state index is 0.147. The number of nitrogens with zero attached hydrogens (tertiary/aromatic N) is 4. The highest BCUT2D eigenvalue weighted by molar-refractivity contribution is 4.93. The maximum atomic E-state index is 4.14. The molecule has 0 aliphatic heterocycles. The number of aromatic nitrogens is 4. The van der Waals surface area contributed by atoms with Crippen molar-refractivity contribution in [3.63, 3.8) is 0 Å². The van der Waals surface area contributed by atoms with Gasteiger partial charge in [-0.25, -0.2) is 4.68 Å². The topological polar surface area (TPSA) is 55.6 Å². The maximum Gasteiger partial charge on any atom is 0.168 e. The third kappa shape index (κ3) is 3.49. The number of hydrogen-bond donors (Lipinski definition) is 1. The molecule has 0 spiro atoms. The molecule has 0 saturated heterocycles. The Morgan fingerprint density at radius 1 is 1.29 bits per heavy atom. The van der Waals surface area contributed by atoms with Crippen LogP contribution in [-0.4, -0.2) is 26.8 Å². The van der Waals surface area contributed by atoms with E-state index in [1.165, 1.54) is 0 Å². The molecule has 0 radical (unpaired) electrons. The Labute approximate surface area is 104 Å². The van der Waals surface area contributed by atoms with E-state index in [0.29, 0.717) is 0 Å². The van der Waals surface area contributed by atoms with Crippen LogP contribution >= 0.6 is 0 Å². The van der Waals surface area contributed by atoms with E-state index in [0.717, 1.165) is 18.8 Å². The highest BCUT2D eigenvalue weighted by Crippen LogP contribution is 2.30. The highest BCUT2D eigenvalue weighted by Gasteiger charge is 2.26. The Hall–Kier alpha value is -0.970. The predicted molar refractivity (Wildman–Crippen MR) is 68.7 cm³/mol. The highest BCUT2D eigenvalue weighted by atomic mass is 15.6. The van der Waals surface area contributed by atoms with Gasteiger partial charge < -0.3 is 5.32 Å². The lowest BCUT2D eigenvalue weighted by molar-refractivity contribution is 0.232. The summed E-state index contributed by atoms with van der Waals surface area (Å²) in [5.41, 5.74) is 0.147. The van der Waals surface area contributed by atoms with E-state index < -0.39 is 0 Å². The van der Waals surface area contributed by atoms with Gasteiger partial charge in [-0.1, -0.05) is 27.7 Å². The summed E-state index contributed by atoms with van der Waals surface area (Å²) in [4.78, 5) is 0. The molecule has 0 aromatic carbocycles. The fourth-order valence-electron chi connectivity index (χ4n) is 1.58. The zero-order valence-corrected chi connectivity index (χ0v) is 11.9. The summed E-state index contributed by atoms with van der Waals surface area (Å²) in [5.74, 6) is 0.917. The van der Waals surface area contributed by atoms with Crippen molar-refractivity contribution in [1.29, 1.82) is 0 Å². The molecule has 5 nitrogen and oxygen atoms in total. The Balaban J connectivity index is 2.85. The van der Waals surface area contributed by atoms with E-state index in [1.54, 1.807) is 0 Å². The molecule has 0 aliphatic carbocycles. The molecule has 1 N–H and O–H groups in total. The van der Waals surface area contributed by atoms with Gasteiger partial charge in [0.2, 0.25) is 0 Å². The number of rotatable bonds is 5. The van der Waals surface area contributed by atoms with Crippen LogP contribution in [0.25, 0.3) is 0 Å². The molecule has 0 amide bonds. The van der Waals surface area contributed by atoms with Crippen molar-refractivity contribution in [2.75, 3.05) is 6.54 Å². The Kier molecular flexibility index (Phi) is 4.62. The quantitative estimate of drug-likeness (QED) is 0.857. The fraction of sp³-hybridized carbons (Fsp3) is 0.917. The van der Waals surface area contributed by atoms with Gasteiger partial charge >= 0.3 is 0 Å². The SMILES string of the molecule is CCCNC(C)c1nnnn1C(C)C(C)(C)C. The van der Waals surface area contributed by atoms with E-state index >= 15 is 0 Å². The average Bonchev–Trinajstić information content (AvgIpc) is 2.72. The first-order valence-corrected chi connectivity index (χ1v) is 6.39. The summed E-state index contributed by atoms with van der Waals surface area (Å²) >= 11 is 0. The number of tetrazole rings is 1. The van der Waals surface area contributed by atoms with Gasteiger partial charge in [-0.05, 0) is 42.7 Å².